The maximum Gasteiger partial charge on any atom is 0.274 e. The molecule has 0 saturated carbocycles. The first-order chi connectivity index (χ1) is 14.6. The van der Waals surface area contributed by atoms with Crippen LogP contribution in [0.4, 0.5) is 0 Å². The summed E-state index contributed by atoms with van der Waals surface area (Å²) in [5.41, 5.74) is 1.77. The molecular weight excluding hydrogens is 400 g/mol. The third-order valence-electron chi connectivity index (χ3n) is 5.72. The Kier molecular flexibility index (Phi) is 4.79. The number of nitrogens with zero attached hydrogens (tertiary/aromatic N) is 4. The molecule has 0 unspecified atom stereocenters. The summed E-state index contributed by atoms with van der Waals surface area (Å²) in [6.45, 7) is 1.78. The maximum absolute atomic E-state index is 13.3. The molecule has 1 amide bonds. The molecule has 2 aromatic heterocycles. The Morgan fingerprint density at radius 1 is 1.00 bits per heavy atom. The number of benzene rings is 2. The SMILES string of the molecule is O=C(c1cn2c3ccccc3c(=O)n(Cc3ccccc3Cl)c2n1)N1CCCCC1. The third kappa shape index (κ3) is 3.17. The summed E-state index contributed by atoms with van der Waals surface area (Å²) in [6, 6.07) is 14.8. The van der Waals surface area contributed by atoms with Crippen molar-refractivity contribution in [2.75, 3.05) is 13.1 Å². The number of rotatable bonds is 3. The molecule has 7 heteroatoms. The van der Waals surface area contributed by atoms with Crippen molar-refractivity contribution in [2.45, 2.75) is 25.8 Å². The molecule has 0 spiro atoms. The Labute approximate surface area is 178 Å². The van der Waals surface area contributed by atoms with Crippen LogP contribution in [0.5, 0.6) is 0 Å². The van der Waals surface area contributed by atoms with Gasteiger partial charge in [-0.25, -0.2) is 4.98 Å². The van der Waals surface area contributed by atoms with Crippen molar-refractivity contribution < 1.29 is 4.79 Å². The van der Waals surface area contributed by atoms with E-state index in [1.807, 2.05) is 45.7 Å². The van der Waals surface area contributed by atoms with E-state index in [4.69, 9.17) is 11.6 Å². The van der Waals surface area contributed by atoms with Crippen LogP contribution in [0.3, 0.4) is 0 Å². The van der Waals surface area contributed by atoms with E-state index in [1.54, 1.807) is 22.9 Å². The van der Waals surface area contributed by atoms with Crippen LogP contribution in [0.2, 0.25) is 5.02 Å². The lowest BCUT2D eigenvalue weighted by atomic mass is 10.1. The van der Waals surface area contributed by atoms with Gasteiger partial charge in [0, 0.05) is 24.3 Å². The number of amides is 1. The second-order valence-electron chi connectivity index (χ2n) is 7.65. The lowest BCUT2D eigenvalue weighted by Crippen LogP contribution is -2.35. The van der Waals surface area contributed by atoms with Gasteiger partial charge in [-0.2, -0.15) is 0 Å². The zero-order chi connectivity index (χ0) is 20.7. The summed E-state index contributed by atoms with van der Waals surface area (Å²) < 4.78 is 3.43. The van der Waals surface area contributed by atoms with Crippen LogP contribution in [-0.2, 0) is 6.54 Å². The lowest BCUT2D eigenvalue weighted by Gasteiger charge is -2.25. The first-order valence-corrected chi connectivity index (χ1v) is 10.5. The van der Waals surface area contributed by atoms with Crippen LogP contribution >= 0.6 is 11.6 Å². The first-order valence-electron chi connectivity index (χ1n) is 10.2. The summed E-state index contributed by atoms with van der Waals surface area (Å²) >= 11 is 6.35. The number of para-hydroxylation sites is 1. The fraction of sp³-hybridized carbons (Fsp3) is 0.261. The second-order valence-corrected chi connectivity index (χ2v) is 8.06. The standard InChI is InChI=1S/C23H21ClN4O2/c24-18-10-4-2-8-16(18)14-28-21(29)17-9-3-5-11-20(17)27-15-19(25-23(27)28)22(30)26-12-6-1-7-13-26/h2-5,8-11,15H,1,6-7,12-14H2. The smallest absolute Gasteiger partial charge is 0.274 e. The number of carbonyl (C=O) groups is 1. The van der Waals surface area contributed by atoms with E-state index in [9.17, 15) is 9.59 Å². The molecule has 5 rings (SSSR count). The van der Waals surface area contributed by atoms with E-state index in [2.05, 4.69) is 4.98 Å². The highest BCUT2D eigenvalue weighted by atomic mass is 35.5. The van der Waals surface area contributed by atoms with Crippen molar-refractivity contribution in [3.63, 3.8) is 0 Å². The average Bonchev–Trinajstić information content (AvgIpc) is 3.23. The topological polar surface area (TPSA) is 59.6 Å². The predicted molar refractivity (Wildman–Crippen MR) is 117 cm³/mol. The fourth-order valence-corrected chi connectivity index (χ4v) is 4.34. The van der Waals surface area contributed by atoms with Gasteiger partial charge in [0.15, 0.2) is 0 Å². The van der Waals surface area contributed by atoms with Crippen molar-refractivity contribution in [1.82, 2.24) is 18.9 Å². The van der Waals surface area contributed by atoms with Crippen molar-refractivity contribution >= 4 is 34.2 Å². The van der Waals surface area contributed by atoms with Gasteiger partial charge in [0.25, 0.3) is 11.5 Å². The van der Waals surface area contributed by atoms with Gasteiger partial charge in [-0.3, -0.25) is 18.6 Å². The zero-order valence-corrected chi connectivity index (χ0v) is 17.2. The molecular formula is C23H21ClN4O2. The van der Waals surface area contributed by atoms with Crippen LogP contribution in [-0.4, -0.2) is 37.8 Å². The average molecular weight is 421 g/mol. The molecule has 0 N–H and O–H groups in total. The van der Waals surface area contributed by atoms with E-state index in [0.717, 1.165) is 43.4 Å². The molecule has 0 radical (unpaired) electrons. The molecule has 1 saturated heterocycles. The molecule has 152 valence electrons. The summed E-state index contributed by atoms with van der Waals surface area (Å²) in [6.07, 6.45) is 4.92. The van der Waals surface area contributed by atoms with E-state index < -0.39 is 0 Å². The van der Waals surface area contributed by atoms with E-state index in [-0.39, 0.29) is 18.0 Å². The van der Waals surface area contributed by atoms with Crippen LogP contribution in [0, 0.1) is 0 Å². The monoisotopic (exact) mass is 420 g/mol. The summed E-state index contributed by atoms with van der Waals surface area (Å²) in [5.74, 6) is 0.359. The number of piperidine rings is 1. The Bertz CT molecular complexity index is 1320. The number of carbonyl (C=O) groups excluding carboxylic acids is 1. The highest BCUT2D eigenvalue weighted by molar-refractivity contribution is 6.31. The molecule has 0 aliphatic carbocycles. The Balaban J connectivity index is 1.70. The summed E-state index contributed by atoms with van der Waals surface area (Å²) in [7, 11) is 0. The van der Waals surface area contributed by atoms with Crippen LogP contribution in [0.25, 0.3) is 16.7 Å². The van der Waals surface area contributed by atoms with E-state index in [0.29, 0.717) is 21.9 Å². The third-order valence-corrected chi connectivity index (χ3v) is 6.09. The van der Waals surface area contributed by atoms with Gasteiger partial charge in [0.05, 0.1) is 17.4 Å². The largest absolute Gasteiger partial charge is 0.337 e. The van der Waals surface area contributed by atoms with Crippen molar-refractivity contribution in [1.29, 1.82) is 0 Å². The molecule has 1 fully saturated rings. The summed E-state index contributed by atoms with van der Waals surface area (Å²) in [5, 5.41) is 1.17. The minimum absolute atomic E-state index is 0.0841. The number of likely N-dealkylation sites (tertiary alicyclic amines) is 1. The number of hydrogen-bond acceptors (Lipinski definition) is 3. The van der Waals surface area contributed by atoms with Crippen molar-refractivity contribution in [3.8, 4) is 0 Å². The molecule has 3 heterocycles. The molecule has 1 aliphatic rings. The van der Waals surface area contributed by atoms with E-state index >= 15 is 0 Å². The normalized spacial score (nSPS) is 14.5. The van der Waals surface area contributed by atoms with Crippen LogP contribution in [0.1, 0.15) is 35.3 Å². The molecule has 1 aliphatic heterocycles. The zero-order valence-electron chi connectivity index (χ0n) is 16.4. The maximum atomic E-state index is 13.3. The number of hydrogen-bond donors (Lipinski definition) is 0. The van der Waals surface area contributed by atoms with Gasteiger partial charge in [0.1, 0.15) is 5.69 Å². The van der Waals surface area contributed by atoms with Gasteiger partial charge < -0.3 is 4.90 Å². The summed E-state index contributed by atoms with van der Waals surface area (Å²) in [4.78, 5) is 32.8. The Morgan fingerprint density at radius 2 is 1.73 bits per heavy atom. The van der Waals surface area contributed by atoms with Gasteiger partial charge in [-0.05, 0) is 43.0 Å². The molecule has 4 aromatic rings. The van der Waals surface area contributed by atoms with Crippen molar-refractivity contribution in [3.05, 3.63) is 81.4 Å². The fourth-order valence-electron chi connectivity index (χ4n) is 4.14. The minimum Gasteiger partial charge on any atom is -0.337 e. The van der Waals surface area contributed by atoms with Gasteiger partial charge in [0.2, 0.25) is 5.78 Å². The first kappa shape index (κ1) is 18.9. The number of aromatic nitrogens is 3. The van der Waals surface area contributed by atoms with Gasteiger partial charge in [-0.1, -0.05) is 41.9 Å². The Morgan fingerprint density at radius 3 is 2.53 bits per heavy atom. The predicted octanol–water partition coefficient (Wildman–Crippen LogP) is 3.98. The number of imidazole rings is 1. The van der Waals surface area contributed by atoms with E-state index in [1.165, 1.54) is 0 Å². The highest BCUT2D eigenvalue weighted by Gasteiger charge is 2.23. The molecule has 2 aromatic carbocycles. The minimum atomic E-state index is -0.152. The number of halogens is 1. The second kappa shape index (κ2) is 7.61. The lowest BCUT2D eigenvalue weighted by molar-refractivity contribution is 0.0719. The van der Waals surface area contributed by atoms with Crippen molar-refractivity contribution in [2.24, 2.45) is 0 Å². The quantitative estimate of drug-likeness (QED) is 0.503. The molecule has 0 bridgehead atoms. The molecule has 30 heavy (non-hydrogen) atoms. The Hall–Kier alpha value is -3.12. The van der Waals surface area contributed by atoms with Gasteiger partial charge >= 0.3 is 0 Å². The van der Waals surface area contributed by atoms with Crippen LogP contribution in [0.15, 0.2) is 59.5 Å². The number of fused-ring (bicyclic) bond motifs is 3. The molecule has 0 atom stereocenters. The molecule has 6 nitrogen and oxygen atoms in total. The van der Waals surface area contributed by atoms with Gasteiger partial charge in [-0.15, -0.1) is 0 Å². The van der Waals surface area contributed by atoms with Crippen LogP contribution < -0.4 is 5.56 Å². The highest BCUT2D eigenvalue weighted by Crippen LogP contribution is 2.20.